The van der Waals surface area contributed by atoms with Crippen LogP contribution >= 0.6 is 11.3 Å². The molecule has 1 saturated carbocycles. The highest BCUT2D eigenvalue weighted by Crippen LogP contribution is 2.50. The molecule has 1 aromatic heterocycles. The smallest absolute Gasteiger partial charge is 0.241 e. The van der Waals surface area contributed by atoms with E-state index >= 15 is 0 Å². The summed E-state index contributed by atoms with van der Waals surface area (Å²) in [5, 5.41) is 5.59. The molecule has 1 aliphatic carbocycles. The fourth-order valence-electron chi connectivity index (χ4n) is 2.99. The maximum Gasteiger partial charge on any atom is 0.241 e. The number of carbonyl (C=O) groups is 1. The molecule has 2 heterocycles. The van der Waals surface area contributed by atoms with Crippen molar-refractivity contribution in [3.05, 3.63) is 22.4 Å². The molecule has 2 aliphatic rings. The summed E-state index contributed by atoms with van der Waals surface area (Å²) >= 11 is 1.74. The van der Waals surface area contributed by atoms with Crippen LogP contribution in [0.4, 0.5) is 0 Å². The SMILES string of the molecule is CCC1NC(c2cccs2)N(CC2(CC)CC2)C1=O. The number of carbonyl (C=O) groups excluding carboxylic acids is 1. The Kier molecular flexibility index (Phi) is 3.39. The van der Waals surface area contributed by atoms with E-state index in [9.17, 15) is 4.79 Å². The van der Waals surface area contributed by atoms with Gasteiger partial charge in [0.2, 0.25) is 5.91 Å². The lowest BCUT2D eigenvalue weighted by Gasteiger charge is -2.27. The van der Waals surface area contributed by atoms with Gasteiger partial charge in [-0.25, -0.2) is 0 Å². The molecule has 2 atom stereocenters. The molecule has 4 heteroatoms. The highest BCUT2D eigenvalue weighted by atomic mass is 32.1. The van der Waals surface area contributed by atoms with Crippen molar-refractivity contribution in [2.75, 3.05) is 6.54 Å². The molecule has 1 aromatic rings. The Morgan fingerprint density at radius 2 is 2.26 bits per heavy atom. The van der Waals surface area contributed by atoms with Gasteiger partial charge in [-0.2, -0.15) is 0 Å². The van der Waals surface area contributed by atoms with Gasteiger partial charge in [0.05, 0.1) is 6.04 Å². The van der Waals surface area contributed by atoms with Crippen molar-refractivity contribution in [1.82, 2.24) is 10.2 Å². The maximum atomic E-state index is 12.5. The first kappa shape index (κ1) is 13.1. The van der Waals surface area contributed by atoms with E-state index in [1.165, 1.54) is 24.1 Å². The van der Waals surface area contributed by atoms with Gasteiger partial charge in [-0.3, -0.25) is 10.1 Å². The zero-order valence-corrected chi connectivity index (χ0v) is 12.5. The van der Waals surface area contributed by atoms with E-state index in [1.54, 1.807) is 11.3 Å². The minimum Gasteiger partial charge on any atom is -0.320 e. The zero-order chi connectivity index (χ0) is 13.5. The fraction of sp³-hybridized carbons (Fsp3) is 0.667. The van der Waals surface area contributed by atoms with E-state index in [2.05, 4.69) is 41.6 Å². The lowest BCUT2D eigenvalue weighted by Crippen LogP contribution is -2.35. The highest BCUT2D eigenvalue weighted by Gasteiger charge is 2.48. The summed E-state index contributed by atoms with van der Waals surface area (Å²) in [5.74, 6) is 0.292. The van der Waals surface area contributed by atoms with Gasteiger partial charge >= 0.3 is 0 Å². The van der Waals surface area contributed by atoms with Crippen molar-refractivity contribution >= 4 is 17.2 Å². The third-order valence-corrected chi connectivity index (χ3v) is 5.61. The average Bonchev–Trinajstić information content (AvgIpc) is 2.85. The van der Waals surface area contributed by atoms with Crippen molar-refractivity contribution in [3.8, 4) is 0 Å². The van der Waals surface area contributed by atoms with Gasteiger partial charge in [0.1, 0.15) is 6.17 Å². The third-order valence-electron chi connectivity index (χ3n) is 4.69. The molecule has 3 rings (SSSR count). The Labute approximate surface area is 119 Å². The first-order valence-corrected chi connectivity index (χ1v) is 8.17. The van der Waals surface area contributed by atoms with Crippen molar-refractivity contribution in [2.24, 2.45) is 5.41 Å². The van der Waals surface area contributed by atoms with Crippen molar-refractivity contribution in [2.45, 2.75) is 51.7 Å². The zero-order valence-electron chi connectivity index (χ0n) is 11.7. The minimum atomic E-state index is -0.000226. The fourth-order valence-corrected chi connectivity index (χ4v) is 3.78. The molecule has 3 nitrogen and oxygen atoms in total. The first-order valence-electron chi connectivity index (χ1n) is 7.29. The van der Waals surface area contributed by atoms with E-state index in [0.717, 1.165) is 13.0 Å². The molecule has 1 saturated heterocycles. The summed E-state index contributed by atoms with van der Waals surface area (Å²) in [5.41, 5.74) is 0.412. The number of thiophene rings is 1. The quantitative estimate of drug-likeness (QED) is 0.897. The van der Waals surface area contributed by atoms with Crippen LogP contribution in [0.15, 0.2) is 17.5 Å². The van der Waals surface area contributed by atoms with E-state index in [-0.39, 0.29) is 12.2 Å². The first-order chi connectivity index (χ1) is 9.19. The van der Waals surface area contributed by atoms with E-state index < -0.39 is 0 Å². The summed E-state index contributed by atoms with van der Waals surface area (Å²) in [6, 6.07) is 4.20. The molecule has 0 aromatic carbocycles. The summed E-state index contributed by atoms with van der Waals surface area (Å²) < 4.78 is 0. The Bertz CT molecular complexity index is 453. The van der Waals surface area contributed by atoms with Crippen LogP contribution in [-0.4, -0.2) is 23.4 Å². The van der Waals surface area contributed by atoms with Gasteiger partial charge in [-0.1, -0.05) is 19.9 Å². The van der Waals surface area contributed by atoms with E-state index in [0.29, 0.717) is 11.3 Å². The highest BCUT2D eigenvalue weighted by molar-refractivity contribution is 7.10. The number of rotatable bonds is 5. The van der Waals surface area contributed by atoms with Gasteiger partial charge in [-0.05, 0) is 42.5 Å². The normalized spacial score (nSPS) is 28.9. The van der Waals surface area contributed by atoms with Gasteiger partial charge in [0.15, 0.2) is 0 Å². The molecule has 1 aliphatic heterocycles. The van der Waals surface area contributed by atoms with E-state index in [1.807, 2.05) is 0 Å². The predicted octanol–water partition coefficient (Wildman–Crippen LogP) is 3.15. The van der Waals surface area contributed by atoms with Crippen molar-refractivity contribution in [3.63, 3.8) is 0 Å². The molecule has 2 unspecified atom stereocenters. The van der Waals surface area contributed by atoms with Gasteiger partial charge in [-0.15, -0.1) is 11.3 Å². The van der Waals surface area contributed by atoms with Crippen LogP contribution in [0.2, 0.25) is 0 Å². The Hall–Kier alpha value is -0.870. The second-order valence-electron chi connectivity index (χ2n) is 5.87. The van der Waals surface area contributed by atoms with Crippen molar-refractivity contribution in [1.29, 1.82) is 0 Å². The summed E-state index contributed by atoms with van der Waals surface area (Å²) in [4.78, 5) is 15.9. The van der Waals surface area contributed by atoms with Crippen LogP contribution in [0, 0.1) is 5.41 Å². The lowest BCUT2D eigenvalue weighted by molar-refractivity contribution is -0.131. The molecule has 2 fully saturated rings. The third kappa shape index (κ3) is 2.32. The van der Waals surface area contributed by atoms with Gasteiger partial charge in [0, 0.05) is 11.4 Å². The number of hydrogen-bond acceptors (Lipinski definition) is 3. The van der Waals surface area contributed by atoms with Crippen LogP contribution in [-0.2, 0) is 4.79 Å². The van der Waals surface area contributed by atoms with Gasteiger partial charge in [0.25, 0.3) is 0 Å². The topological polar surface area (TPSA) is 32.3 Å². The predicted molar refractivity (Wildman–Crippen MR) is 77.9 cm³/mol. The molecule has 19 heavy (non-hydrogen) atoms. The summed E-state index contributed by atoms with van der Waals surface area (Å²) in [6.07, 6.45) is 4.71. The molecule has 1 amide bonds. The molecule has 104 valence electrons. The van der Waals surface area contributed by atoms with Crippen LogP contribution in [0.5, 0.6) is 0 Å². The Morgan fingerprint density at radius 3 is 2.79 bits per heavy atom. The number of nitrogens with one attached hydrogen (secondary N) is 1. The van der Waals surface area contributed by atoms with Crippen LogP contribution in [0.1, 0.15) is 50.6 Å². The van der Waals surface area contributed by atoms with Crippen LogP contribution < -0.4 is 5.32 Å². The Balaban J connectivity index is 1.82. The summed E-state index contributed by atoms with van der Waals surface area (Å²) in [6.45, 7) is 5.25. The second kappa shape index (κ2) is 4.91. The molecule has 1 N–H and O–H groups in total. The largest absolute Gasteiger partial charge is 0.320 e. The minimum absolute atomic E-state index is 0.000226. The van der Waals surface area contributed by atoms with Crippen molar-refractivity contribution < 1.29 is 4.79 Å². The molecule has 0 bridgehead atoms. The second-order valence-corrected chi connectivity index (χ2v) is 6.84. The van der Waals surface area contributed by atoms with Crippen LogP contribution in [0.25, 0.3) is 0 Å². The molecular formula is C15H22N2OS. The van der Waals surface area contributed by atoms with E-state index in [4.69, 9.17) is 0 Å². The molecule has 0 radical (unpaired) electrons. The standard InChI is InChI=1S/C15H22N2OS/c1-3-11-14(18)17(10-15(4-2)7-8-15)13(16-11)12-6-5-9-19-12/h5-6,9,11,13,16H,3-4,7-8,10H2,1-2H3. The van der Waals surface area contributed by atoms with Crippen LogP contribution in [0.3, 0.4) is 0 Å². The monoisotopic (exact) mass is 278 g/mol. The number of amides is 1. The lowest BCUT2D eigenvalue weighted by atomic mass is 10.0. The average molecular weight is 278 g/mol. The molecule has 0 spiro atoms. The summed E-state index contributed by atoms with van der Waals surface area (Å²) in [7, 11) is 0. The number of nitrogens with zero attached hydrogens (tertiary/aromatic N) is 1. The number of hydrogen-bond donors (Lipinski definition) is 1. The molecular weight excluding hydrogens is 256 g/mol. The Morgan fingerprint density at radius 1 is 1.47 bits per heavy atom. The maximum absolute atomic E-state index is 12.5. The van der Waals surface area contributed by atoms with Gasteiger partial charge < -0.3 is 4.90 Å².